The molecule has 13 heteroatoms. The van der Waals surface area contributed by atoms with E-state index in [4.69, 9.17) is 34.3 Å². The summed E-state index contributed by atoms with van der Waals surface area (Å²) in [5.41, 5.74) is 8.22. The molecule has 0 aliphatic carbocycles. The molecule has 1 unspecified atom stereocenters. The first-order chi connectivity index (χ1) is 18.1. The standard InChI is InChI=1S/C25H21Cl2N5O5S/c26-16-8-14-11-32(24(35)12-3-4-13(10-28)17(29)9-12)6-5-15(14)20(27)19(16)23(34)31-21(25(36)37)30-22(33)18-2-1-7-38-18/h1-4,7-10,21,28H,5-6,11,29H2,(H,30,33)(H,31,34)(H,36,37). The average molecular weight is 574 g/mol. The van der Waals surface area contributed by atoms with Crippen molar-refractivity contribution in [3.8, 4) is 0 Å². The van der Waals surface area contributed by atoms with Gasteiger partial charge in [-0.25, -0.2) is 4.79 Å². The Kier molecular flexibility index (Phi) is 8.00. The van der Waals surface area contributed by atoms with Crippen LogP contribution < -0.4 is 16.4 Å². The van der Waals surface area contributed by atoms with Crippen LogP contribution in [0.15, 0.2) is 41.8 Å². The minimum absolute atomic E-state index is 0.0335. The molecule has 1 aliphatic rings. The summed E-state index contributed by atoms with van der Waals surface area (Å²) in [6.45, 7) is 0.478. The van der Waals surface area contributed by atoms with Gasteiger partial charge in [-0.15, -0.1) is 11.3 Å². The molecule has 0 spiro atoms. The van der Waals surface area contributed by atoms with Crippen LogP contribution in [0.1, 0.15) is 47.1 Å². The molecule has 38 heavy (non-hydrogen) atoms. The molecular weight excluding hydrogens is 553 g/mol. The highest BCUT2D eigenvalue weighted by atomic mass is 35.5. The van der Waals surface area contributed by atoms with E-state index in [9.17, 15) is 24.3 Å². The number of hydrogen-bond donors (Lipinski definition) is 5. The van der Waals surface area contributed by atoms with Gasteiger partial charge in [-0.2, -0.15) is 0 Å². The molecule has 10 nitrogen and oxygen atoms in total. The molecular formula is C25H21Cl2N5O5S. The quantitative estimate of drug-likeness (QED) is 0.165. The van der Waals surface area contributed by atoms with Crippen LogP contribution in [-0.2, 0) is 17.8 Å². The van der Waals surface area contributed by atoms with Crippen molar-refractivity contribution in [3.63, 3.8) is 0 Å². The average Bonchev–Trinajstić information content (AvgIpc) is 3.42. The smallest absolute Gasteiger partial charge is 0.347 e. The lowest BCUT2D eigenvalue weighted by Gasteiger charge is -2.30. The van der Waals surface area contributed by atoms with Gasteiger partial charge in [-0.3, -0.25) is 14.4 Å². The fraction of sp³-hybridized carbons (Fsp3) is 0.160. The number of carboxylic acid groups (broad SMARTS) is 1. The predicted molar refractivity (Wildman–Crippen MR) is 144 cm³/mol. The number of nitrogens with two attached hydrogens (primary N) is 1. The maximum absolute atomic E-state index is 13.1. The van der Waals surface area contributed by atoms with Crippen molar-refractivity contribution in [1.29, 1.82) is 5.41 Å². The summed E-state index contributed by atoms with van der Waals surface area (Å²) in [6, 6.07) is 9.38. The number of fused-ring (bicyclic) bond motifs is 1. The highest BCUT2D eigenvalue weighted by Gasteiger charge is 2.30. The topological polar surface area (TPSA) is 166 Å². The molecule has 1 atom stereocenters. The number of thiophene rings is 1. The Bertz CT molecular complexity index is 1460. The van der Waals surface area contributed by atoms with E-state index in [1.54, 1.807) is 28.5 Å². The first-order valence-electron chi connectivity index (χ1n) is 11.2. The minimum Gasteiger partial charge on any atom is -0.478 e. The van der Waals surface area contributed by atoms with Crippen LogP contribution in [0.5, 0.6) is 0 Å². The lowest BCUT2D eigenvalue weighted by molar-refractivity contribution is -0.139. The Hall–Kier alpha value is -3.93. The van der Waals surface area contributed by atoms with E-state index >= 15 is 0 Å². The van der Waals surface area contributed by atoms with Crippen molar-refractivity contribution in [2.24, 2.45) is 0 Å². The number of halogens is 2. The molecule has 0 bridgehead atoms. The van der Waals surface area contributed by atoms with Crippen LogP contribution in [0.4, 0.5) is 5.69 Å². The largest absolute Gasteiger partial charge is 0.478 e. The van der Waals surface area contributed by atoms with Crippen molar-refractivity contribution in [2.45, 2.75) is 19.1 Å². The zero-order chi connectivity index (χ0) is 27.6. The minimum atomic E-state index is -1.72. The van der Waals surface area contributed by atoms with Crippen LogP contribution in [0, 0.1) is 5.41 Å². The fourth-order valence-corrected chi connectivity index (χ4v) is 5.42. The number of anilines is 1. The summed E-state index contributed by atoms with van der Waals surface area (Å²) in [5.74, 6) is -3.27. The number of carboxylic acids is 1. The van der Waals surface area contributed by atoms with Gasteiger partial charge in [0.1, 0.15) is 0 Å². The van der Waals surface area contributed by atoms with Gasteiger partial charge < -0.3 is 31.8 Å². The fourth-order valence-electron chi connectivity index (χ4n) is 4.03. The van der Waals surface area contributed by atoms with Gasteiger partial charge >= 0.3 is 5.97 Å². The maximum Gasteiger partial charge on any atom is 0.347 e. The summed E-state index contributed by atoms with van der Waals surface area (Å²) in [5, 5.41) is 23.0. The van der Waals surface area contributed by atoms with Crippen LogP contribution >= 0.6 is 34.5 Å². The molecule has 196 valence electrons. The third-order valence-corrected chi connectivity index (χ3v) is 7.53. The predicted octanol–water partition coefficient (Wildman–Crippen LogP) is 3.40. The first-order valence-corrected chi connectivity index (χ1v) is 12.8. The van der Waals surface area contributed by atoms with E-state index in [1.165, 1.54) is 18.2 Å². The van der Waals surface area contributed by atoms with Crippen LogP contribution in [-0.4, -0.2) is 52.6 Å². The highest BCUT2D eigenvalue weighted by molar-refractivity contribution is 7.12. The molecule has 3 aromatic rings. The Morgan fingerprint density at radius 1 is 1.13 bits per heavy atom. The van der Waals surface area contributed by atoms with Gasteiger partial charge in [0.25, 0.3) is 17.7 Å². The van der Waals surface area contributed by atoms with Gasteiger partial charge in [0.2, 0.25) is 6.17 Å². The lowest BCUT2D eigenvalue weighted by Crippen LogP contribution is -2.52. The number of benzene rings is 2. The maximum atomic E-state index is 13.1. The third kappa shape index (κ3) is 5.49. The van der Waals surface area contributed by atoms with Gasteiger partial charge in [-0.1, -0.05) is 35.3 Å². The van der Waals surface area contributed by atoms with E-state index in [1.807, 2.05) is 0 Å². The number of carbonyl (C=O) groups excluding carboxylic acids is 3. The molecule has 0 radical (unpaired) electrons. The van der Waals surface area contributed by atoms with Crippen molar-refractivity contribution in [1.82, 2.24) is 15.5 Å². The molecule has 3 amide bonds. The van der Waals surface area contributed by atoms with E-state index in [0.717, 1.165) is 17.6 Å². The summed E-state index contributed by atoms with van der Waals surface area (Å²) >= 11 is 14.1. The van der Waals surface area contributed by atoms with Crippen molar-refractivity contribution >= 4 is 70.1 Å². The van der Waals surface area contributed by atoms with E-state index in [0.29, 0.717) is 40.9 Å². The van der Waals surface area contributed by atoms with Crippen LogP contribution in [0.25, 0.3) is 0 Å². The number of nitrogens with one attached hydrogen (secondary N) is 3. The molecule has 0 saturated heterocycles. The lowest BCUT2D eigenvalue weighted by atomic mass is 9.95. The SMILES string of the molecule is N=Cc1ccc(C(=O)N2CCc3c(cc(Cl)c(C(=O)NC(NC(=O)c4cccs4)C(=O)O)c3Cl)C2)cc1N. The van der Waals surface area contributed by atoms with Crippen molar-refractivity contribution < 1.29 is 24.3 Å². The molecule has 6 N–H and O–H groups in total. The molecule has 0 fully saturated rings. The summed E-state index contributed by atoms with van der Waals surface area (Å²) in [6.07, 6.45) is -0.294. The van der Waals surface area contributed by atoms with Gasteiger partial charge in [0.15, 0.2) is 0 Å². The second-order valence-electron chi connectivity index (χ2n) is 8.35. The molecule has 0 saturated carbocycles. The highest BCUT2D eigenvalue weighted by Crippen LogP contribution is 2.35. The second kappa shape index (κ2) is 11.2. The number of nitrogens with zero attached hydrogens (tertiary/aromatic N) is 1. The molecule has 2 aromatic carbocycles. The number of aliphatic carboxylic acids is 1. The van der Waals surface area contributed by atoms with Crippen molar-refractivity contribution in [3.05, 3.63) is 84.5 Å². The van der Waals surface area contributed by atoms with Gasteiger partial charge in [-0.05, 0) is 47.2 Å². The summed E-state index contributed by atoms with van der Waals surface area (Å²) in [7, 11) is 0. The molecule has 1 aliphatic heterocycles. The monoisotopic (exact) mass is 573 g/mol. The number of hydrogen-bond acceptors (Lipinski definition) is 7. The zero-order valence-corrected chi connectivity index (χ0v) is 21.9. The number of amides is 3. The molecule has 4 rings (SSSR count). The second-order valence-corrected chi connectivity index (χ2v) is 10.1. The molecule has 2 heterocycles. The van der Waals surface area contributed by atoms with E-state index < -0.39 is 23.9 Å². The number of carbonyl (C=O) groups is 4. The Labute approximate surface area is 230 Å². The zero-order valence-electron chi connectivity index (χ0n) is 19.6. The van der Waals surface area contributed by atoms with Crippen molar-refractivity contribution in [2.75, 3.05) is 12.3 Å². The molecule has 1 aromatic heterocycles. The van der Waals surface area contributed by atoms with Crippen LogP contribution in [0.2, 0.25) is 10.0 Å². The normalized spacial score (nSPS) is 13.3. The number of nitrogen functional groups attached to an aromatic ring is 1. The number of rotatable bonds is 7. The van der Waals surface area contributed by atoms with Gasteiger partial charge in [0, 0.05) is 36.1 Å². The van der Waals surface area contributed by atoms with Crippen LogP contribution in [0.3, 0.4) is 0 Å². The van der Waals surface area contributed by atoms with E-state index in [-0.39, 0.29) is 32.9 Å². The summed E-state index contributed by atoms with van der Waals surface area (Å²) in [4.78, 5) is 51.9. The Morgan fingerprint density at radius 2 is 1.87 bits per heavy atom. The van der Waals surface area contributed by atoms with Gasteiger partial charge in [0.05, 0.1) is 20.5 Å². The first kappa shape index (κ1) is 27.1. The third-order valence-electron chi connectivity index (χ3n) is 5.95. The Balaban J connectivity index is 1.53. The van der Waals surface area contributed by atoms with E-state index in [2.05, 4.69) is 10.6 Å². The summed E-state index contributed by atoms with van der Waals surface area (Å²) < 4.78 is 0. The Morgan fingerprint density at radius 3 is 2.50 bits per heavy atom.